The average molecular weight is 406 g/mol. The summed E-state index contributed by atoms with van der Waals surface area (Å²) >= 11 is 0. The standard InChI is InChI=1S/C23H26N4O3/c1-16-20(8-9-22-24-15-25-27(16)22)17-4-6-18(7-5-17)30-19-10-12-26(13-11-19)23(28)21-3-2-14-29-21/h4-9,15,19,21H,2-3,10-14H2,1H3. The average Bonchev–Trinajstić information content (AvgIpc) is 3.47. The summed E-state index contributed by atoms with van der Waals surface area (Å²) in [5.41, 5.74) is 4.15. The van der Waals surface area contributed by atoms with Crippen LogP contribution in [0.2, 0.25) is 0 Å². The minimum absolute atomic E-state index is 0.137. The van der Waals surface area contributed by atoms with Crippen molar-refractivity contribution in [3.8, 4) is 16.9 Å². The van der Waals surface area contributed by atoms with E-state index in [0.717, 1.165) is 67.0 Å². The smallest absolute Gasteiger partial charge is 0.251 e. The van der Waals surface area contributed by atoms with Crippen LogP contribution in [0, 0.1) is 6.92 Å². The van der Waals surface area contributed by atoms with Gasteiger partial charge in [-0.25, -0.2) is 9.50 Å². The fourth-order valence-electron chi connectivity index (χ4n) is 4.40. The van der Waals surface area contributed by atoms with Gasteiger partial charge in [-0.3, -0.25) is 4.79 Å². The van der Waals surface area contributed by atoms with Crippen molar-refractivity contribution in [1.29, 1.82) is 0 Å². The lowest BCUT2D eigenvalue weighted by molar-refractivity contribution is -0.142. The molecular weight excluding hydrogens is 380 g/mol. The number of rotatable bonds is 4. The third kappa shape index (κ3) is 3.65. The van der Waals surface area contributed by atoms with E-state index in [4.69, 9.17) is 9.47 Å². The zero-order valence-electron chi connectivity index (χ0n) is 17.2. The van der Waals surface area contributed by atoms with Crippen molar-refractivity contribution in [2.24, 2.45) is 0 Å². The number of benzene rings is 1. The fraction of sp³-hybridized carbons (Fsp3) is 0.435. The van der Waals surface area contributed by atoms with E-state index in [-0.39, 0.29) is 18.1 Å². The lowest BCUT2D eigenvalue weighted by Gasteiger charge is -2.33. The summed E-state index contributed by atoms with van der Waals surface area (Å²) in [6.07, 6.45) is 5.02. The van der Waals surface area contributed by atoms with Gasteiger partial charge in [0.1, 0.15) is 24.3 Å². The van der Waals surface area contributed by atoms with Crippen molar-refractivity contribution in [1.82, 2.24) is 19.5 Å². The van der Waals surface area contributed by atoms with Gasteiger partial charge in [0.15, 0.2) is 5.65 Å². The fourth-order valence-corrected chi connectivity index (χ4v) is 4.40. The van der Waals surface area contributed by atoms with Gasteiger partial charge in [-0.05, 0) is 49.6 Å². The molecule has 0 saturated carbocycles. The second kappa shape index (κ2) is 8.07. The SMILES string of the molecule is Cc1c(-c2ccc(OC3CCN(C(=O)C4CCCO4)CC3)cc2)ccc2ncnn12. The number of hydrogen-bond donors (Lipinski definition) is 0. The molecule has 156 valence electrons. The Morgan fingerprint density at radius 3 is 2.63 bits per heavy atom. The summed E-state index contributed by atoms with van der Waals surface area (Å²) in [4.78, 5) is 18.6. The predicted molar refractivity (Wildman–Crippen MR) is 112 cm³/mol. The van der Waals surface area contributed by atoms with Gasteiger partial charge in [-0.2, -0.15) is 5.10 Å². The van der Waals surface area contributed by atoms with Gasteiger partial charge >= 0.3 is 0 Å². The summed E-state index contributed by atoms with van der Waals surface area (Å²) < 4.78 is 13.6. The molecule has 2 aliphatic rings. The highest BCUT2D eigenvalue weighted by Crippen LogP contribution is 2.27. The van der Waals surface area contributed by atoms with Gasteiger partial charge in [0.05, 0.1) is 0 Å². The first-order chi connectivity index (χ1) is 14.7. The topological polar surface area (TPSA) is 69.0 Å². The van der Waals surface area contributed by atoms with E-state index in [0.29, 0.717) is 6.61 Å². The number of pyridine rings is 1. The van der Waals surface area contributed by atoms with Crippen LogP contribution in [-0.4, -0.2) is 57.3 Å². The maximum atomic E-state index is 12.5. The van der Waals surface area contributed by atoms with Crippen molar-refractivity contribution in [2.75, 3.05) is 19.7 Å². The number of nitrogens with zero attached hydrogens (tertiary/aromatic N) is 4. The number of hydrogen-bond acceptors (Lipinski definition) is 5. The van der Waals surface area contributed by atoms with Crippen LogP contribution in [0.25, 0.3) is 16.8 Å². The molecular formula is C23H26N4O3. The van der Waals surface area contributed by atoms with Crippen LogP contribution in [0.5, 0.6) is 5.75 Å². The molecule has 1 aromatic carbocycles. The number of ether oxygens (including phenoxy) is 2. The number of likely N-dealkylation sites (tertiary alicyclic amines) is 1. The molecule has 1 atom stereocenters. The highest BCUT2D eigenvalue weighted by Gasteiger charge is 2.31. The number of carbonyl (C=O) groups is 1. The zero-order chi connectivity index (χ0) is 20.5. The molecule has 3 aromatic rings. The molecule has 2 saturated heterocycles. The van der Waals surface area contributed by atoms with E-state index in [1.807, 2.05) is 34.5 Å². The highest BCUT2D eigenvalue weighted by atomic mass is 16.5. The summed E-state index contributed by atoms with van der Waals surface area (Å²) in [6, 6.07) is 12.3. The van der Waals surface area contributed by atoms with Crippen LogP contribution in [0.4, 0.5) is 0 Å². The molecule has 2 aromatic heterocycles. The van der Waals surface area contributed by atoms with Crippen LogP contribution in [0.3, 0.4) is 0 Å². The number of aromatic nitrogens is 3. The third-order valence-corrected chi connectivity index (χ3v) is 6.11. The number of carbonyl (C=O) groups excluding carboxylic acids is 1. The molecule has 30 heavy (non-hydrogen) atoms. The van der Waals surface area contributed by atoms with Gasteiger partial charge in [-0.15, -0.1) is 0 Å². The number of amides is 1. The first-order valence-electron chi connectivity index (χ1n) is 10.7. The Kier molecular flexibility index (Phi) is 5.12. The van der Waals surface area contributed by atoms with Crippen LogP contribution >= 0.6 is 0 Å². The molecule has 2 aliphatic heterocycles. The van der Waals surface area contributed by atoms with Gasteiger partial charge in [0.25, 0.3) is 5.91 Å². The molecule has 0 radical (unpaired) electrons. The van der Waals surface area contributed by atoms with E-state index in [2.05, 4.69) is 28.3 Å². The van der Waals surface area contributed by atoms with Crippen molar-refractivity contribution in [3.63, 3.8) is 0 Å². The first kappa shape index (κ1) is 19.1. The number of piperidine rings is 1. The molecule has 0 aliphatic carbocycles. The van der Waals surface area contributed by atoms with Crippen molar-refractivity contribution < 1.29 is 14.3 Å². The van der Waals surface area contributed by atoms with E-state index in [9.17, 15) is 4.79 Å². The van der Waals surface area contributed by atoms with Crippen molar-refractivity contribution in [2.45, 2.75) is 44.8 Å². The largest absolute Gasteiger partial charge is 0.490 e. The maximum absolute atomic E-state index is 12.5. The summed E-state index contributed by atoms with van der Waals surface area (Å²) in [7, 11) is 0. The lowest BCUT2D eigenvalue weighted by atomic mass is 10.0. The van der Waals surface area contributed by atoms with E-state index < -0.39 is 0 Å². The lowest BCUT2D eigenvalue weighted by Crippen LogP contribution is -2.45. The summed E-state index contributed by atoms with van der Waals surface area (Å²) in [5, 5.41) is 4.29. The Morgan fingerprint density at radius 1 is 1.10 bits per heavy atom. The molecule has 4 heterocycles. The minimum atomic E-state index is -0.227. The monoisotopic (exact) mass is 406 g/mol. The van der Waals surface area contributed by atoms with Gasteiger partial charge < -0.3 is 14.4 Å². The van der Waals surface area contributed by atoms with Crippen LogP contribution < -0.4 is 4.74 Å². The van der Waals surface area contributed by atoms with E-state index >= 15 is 0 Å². The Labute approximate surface area is 175 Å². The van der Waals surface area contributed by atoms with Gasteiger partial charge in [0, 0.05) is 43.8 Å². The zero-order valence-corrected chi connectivity index (χ0v) is 17.2. The minimum Gasteiger partial charge on any atom is -0.490 e. The first-order valence-corrected chi connectivity index (χ1v) is 10.7. The van der Waals surface area contributed by atoms with E-state index in [1.165, 1.54) is 0 Å². The number of aryl methyl sites for hydroxylation is 1. The maximum Gasteiger partial charge on any atom is 0.251 e. The van der Waals surface area contributed by atoms with Crippen LogP contribution in [-0.2, 0) is 9.53 Å². The van der Waals surface area contributed by atoms with Crippen LogP contribution in [0.1, 0.15) is 31.4 Å². The van der Waals surface area contributed by atoms with Crippen molar-refractivity contribution in [3.05, 3.63) is 48.4 Å². The molecule has 7 heteroatoms. The normalized spacial score (nSPS) is 20.0. The third-order valence-electron chi connectivity index (χ3n) is 6.11. The molecule has 1 unspecified atom stereocenters. The summed E-state index contributed by atoms with van der Waals surface area (Å²) in [6.45, 7) is 4.22. The molecule has 0 bridgehead atoms. The Balaban J connectivity index is 1.20. The molecule has 2 fully saturated rings. The second-order valence-corrected chi connectivity index (χ2v) is 8.03. The van der Waals surface area contributed by atoms with E-state index in [1.54, 1.807) is 6.33 Å². The molecule has 7 nitrogen and oxygen atoms in total. The Hall–Kier alpha value is -2.93. The Bertz CT molecular complexity index is 1030. The molecule has 0 N–H and O–H groups in total. The Morgan fingerprint density at radius 2 is 1.90 bits per heavy atom. The molecule has 5 rings (SSSR count). The molecule has 0 spiro atoms. The van der Waals surface area contributed by atoms with Gasteiger partial charge in [-0.1, -0.05) is 12.1 Å². The van der Waals surface area contributed by atoms with Crippen molar-refractivity contribution >= 4 is 11.6 Å². The molecule has 1 amide bonds. The second-order valence-electron chi connectivity index (χ2n) is 8.03. The summed E-state index contributed by atoms with van der Waals surface area (Å²) in [5.74, 6) is 1.01. The number of fused-ring (bicyclic) bond motifs is 1. The highest BCUT2D eigenvalue weighted by molar-refractivity contribution is 5.81. The van der Waals surface area contributed by atoms with Crippen LogP contribution in [0.15, 0.2) is 42.7 Å². The van der Waals surface area contributed by atoms with Gasteiger partial charge in [0.2, 0.25) is 0 Å². The predicted octanol–water partition coefficient (Wildman–Crippen LogP) is 3.25. The quantitative estimate of drug-likeness (QED) is 0.665.